The molecule has 0 spiro atoms. The van der Waals surface area contributed by atoms with E-state index in [9.17, 15) is 14.7 Å². The van der Waals surface area contributed by atoms with Gasteiger partial charge in [0.25, 0.3) is 5.91 Å². The molecule has 1 fully saturated rings. The van der Waals surface area contributed by atoms with Gasteiger partial charge in [-0.25, -0.2) is 4.79 Å². The second kappa shape index (κ2) is 15.1. The first-order chi connectivity index (χ1) is 24.3. The fraction of sp³-hybridized carbons (Fsp3) is 0.256. The maximum absolute atomic E-state index is 13.4. The zero-order valence-corrected chi connectivity index (χ0v) is 28.2. The van der Waals surface area contributed by atoms with Crippen molar-refractivity contribution in [2.24, 2.45) is 0 Å². The van der Waals surface area contributed by atoms with E-state index in [1.54, 1.807) is 45.4 Å². The Kier molecular flexibility index (Phi) is 10.4. The summed E-state index contributed by atoms with van der Waals surface area (Å²) >= 11 is 0. The molecule has 1 aliphatic heterocycles. The summed E-state index contributed by atoms with van der Waals surface area (Å²) in [6.07, 6.45) is -2.51. The molecule has 50 heavy (non-hydrogen) atoms. The van der Waals surface area contributed by atoms with Crippen molar-refractivity contribution in [3.63, 3.8) is 0 Å². The lowest BCUT2D eigenvalue weighted by Gasteiger charge is -2.37. The van der Waals surface area contributed by atoms with Crippen molar-refractivity contribution < 1.29 is 33.6 Å². The van der Waals surface area contributed by atoms with Crippen LogP contribution in [0, 0.1) is 6.92 Å². The maximum Gasteiger partial charge on any atom is 0.351 e. The highest BCUT2D eigenvalue weighted by atomic mass is 16.6. The second-order valence-electron chi connectivity index (χ2n) is 11.9. The molecule has 11 heteroatoms. The van der Waals surface area contributed by atoms with Gasteiger partial charge in [-0.3, -0.25) is 9.36 Å². The van der Waals surface area contributed by atoms with Crippen LogP contribution in [-0.4, -0.2) is 66.8 Å². The SMILES string of the molecule is COc1ccc(C(OCC2OC(n3cc(C)c(NC(=O)c4ccccc4)nc3=O)C(OC)C2O)(c2ccccc2)c2ccc(OC)cc2)cc1. The van der Waals surface area contributed by atoms with Crippen LogP contribution < -0.4 is 20.5 Å². The predicted molar refractivity (Wildman–Crippen MR) is 187 cm³/mol. The molecule has 0 aliphatic carbocycles. The molecular formula is C39H39N3O8. The molecule has 1 amide bonds. The summed E-state index contributed by atoms with van der Waals surface area (Å²) in [7, 11) is 4.66. The molecule has 5 aromatic rings. The van der Waals surface area contributed by atoms with Gasteiger partial charge >= 0.3 is 5.69 Å². The Hall–Kier alpha value is -5.33. The van der Waals surface area contributed by atoms with Crippen molar-refractivity contribution in [2.45, 2.75) is 37.1 Å². The number of methoxy groups -OCH3 is 3. The van der Waals surface area contributed by atoms with Crippen molar-refractivity contribution in [1.82, 2.24) is 9.55 Å². The highest BCUT2D eigenvalue weighted by Crippen LogP contribution is 2.43. The summed E-state index contributed by atoms with van der Waals surface area (Å²) in [5, 5.41) is 14.2. The van der Waals surface area contributed by atoms with Gasteiger partial charge in [-0.1, -0.05) is 72.8 Å². The molecule has 11 nitrogen and oxygen atoms in total. The van der Waals surface area contributed by atoms with E-state index < -0.39 is 41.7 Å². The number of aliphatic hydroxyl groups is 1. The lowest BCUT2D eigenvalue weighted by molar-refractivity contribution is -0.0967. The summed E-state index contributed by atoms with van der Waals surface area (Å²) in [5.41, 5.74) is 1.57. The van der Waals surface area contributed by atoms with Crippen molar-refractivity contribution in [3.05, 3.63) is 154 Å². The van der Waals surface area contributed by atoms with E-state index in [0.717, 1.165) is 16.7 Å². The molecular weight excluding hydrogens is 638 g/mol. The van der Waals surface area contributed by atoms with Gasteiger partial charge in [0.2, 0.25) is 0 Å². The lowest BCUT2D eigenvalue weighted by atomic mass is 9.80. The van der Waals surface area contributed by atoms with Gasteiger partial charge in [0.05, 0.1) is 20.8 Å². The molecule has 2 N–H and O–H groups in total. The van der Waals surface area contributed by atoms with Gasteiger partial charge < -0.3 is 34.1 Å². The topological polar surface area (TPSA) is 130 Å². The third-order valence-electron chi connectivity index (χ3n) is 8.90. The molecule has 258 valence electrons. The number of rotatable bonds is 12. The highest BCUT2D eigenvalue weighted by molar-refractivity contribution is 6.04. The van der Waals surface area contributed by atoms with Gasteiger partial charge in [0, 0.05) is 24.4 Å². The minimum absolute atomic E-state index is 0.0865. The largest absolute Gasteiger partial charge is 0.497 e. The number of ether oxygens (including phenoxy) is 5. The minimum Gasteiger partial charge on any atom is -0.497 e. The van der Waals surface area contributed by atoms with E-state index in [4.69, 9.17) is 23.7 Å². The van der Waals surface area contributed by atoms with Crippen LogP contribution in [0.1, 0.15) is 38.8 Å². The van der Waals surface area contributed by atoms with E-state index in [1.165, 1.54) is 17.9 Å². The summed E-state index contributed by atoms with van der Waals surface area (Å²) in [6.45, 7) is 1.63. The number of amides is 1. The predicted octanol–water partition coefficient (Wildman–Crippen LogP) is 5.10. The van der Waals surface area contributed by atoms with E-state index in [2.05, 4.69) is 10.3 Å². The van der Waals surface area contributed by atoms with Gasteiger partial charge in [-0.05, 0) is 60.0 Å². The third kappa shape index (κ3) is 6.76. The van der Waals surface area contributed by atoms with E-state index >= 15 is 0 Å². The summed E-state index contributed by atoms with van der Waals surface area (Å²) in [5.74, 6) is 1.10. The number of hydrogen-bond donors (Lipinski definition) is 2. The Bertz CT molecular complexity index is 1900. The average molecular weight is 678 g/mol. The first-order valence-electron chi connectivity index (χ1n) is 16.1. The van der Waals surface area contributed by atoms with Crippen LogP contribution in [0.3, 0.4) is 0 Å². The number of hydrogen-bond acceptors (Lipinski definition) is 9. The molecule has 0 radical (unpaired) electrons. The molecule has 4 unspecified atom stereocenters. The summed E-state index contributed by atoms with van der Waals surface area (Å²) < 4.78 is 31.2. The number of aliphatic hydroxyl groups excluding tert-OH is 1. The number of carbonyl (C=O) groups excluding carboxylic acids is 1. The third-order valence-corrected chi connectivity index (χ3v) is 8.90. The van der Waals surface area contributed by atoms with Crippen molar-refractivity contribution in [3.8, 4) is 11.5 Å². The molecule has 1 aliphatic rings. The molecule has 1 saturated heterocycles. The van der Waals surface area contributed by atoms with Crippen molar-refractivity contribution >= 4 is 11.7 Å². The van der Waals surface area contributed by atoms with Gasteiger partial charge in [-0.2, -0.15) is 4.98 Å². The number of aromatic nitrogens is 2. The Morgan fingerprint density at radius 1 is 0.840 bits per heavy atom. The average Bonchev–Trinajstić information content (AvgIpc) is 3.48. The van der Waals surface area contributed by atoms with Crippen molar-refractivity contribution in [2.75, 3.05) is 33.3 Å². The second-order valence-corrected chi connectivity index (χ2v) is 11.9. The van der Waals surface area contributed by atoms with Crippen LogP contribution in [-0.2, 0) is 19.8 Å². The standard InChI is InChI=1S/C39H39N3O8/c1-25-23-42(38(45)41-35(25)40-36(44)26-11-7-5-8-12-26)37-34(48-4)33(43)32(50-37)24-49-39(27-13-9-6-10-14-27,28-15-19-30(46-2)20-16-28)29-17-21-31(47-3)22-18-29/h5-23,32-34,37,43H,24H2,1-4H3,(H,40,41,44,45). The Morgan fingerprint density at radius 2 is 1.38 bits per heavy atom. The molecule has 4 atom stereocenters. The van der Waals surface area contributed by atoms with Gasteiger partial charge in [0.1, 0.15) is 41.2 Å². The fourth-order valence-corrected chi connectivity index (χ4v) is 6.26. The van der Waals surface area contributed by atoms with Crippen LogP contribution in [0.2, 0.25) is 0 Å². The minimum atomic E-state index is -1.17. The van der Waals surface area contributed by atoms with Crippen LogP contribution in [0.25, 0.3) is 0 Å². The number of aryl methyl sites for hydroxylation is 1. The van der Waals surface area contributed by atoms with Crippen LogP contribution in [0.4, 0.5) is 5.82 Å². The molecule has 0 saturated carbocycles. The fourth-order valence-electron chi connectivity index (χ4n) is 6.26. The quantitative estimate of drug-likeness (QED) is 0.173. The molecule has 0 bridgehead atoms. The van der Waals surface area contributed by atoms with Crippen LogP contribution in [0.15, 0.2) is 120 Å². The zero-order chi connectivity index (χ0) is 35.3. The Labute approximate surface area is 290 Å². The van der Waals surface area contributed by atoms with Crippen LogP contribution in [0.5, 0.6) is 11.5 Å². The maximum atomic E-state index is 13.4. The lowest BCUT2D eigenvalue weighted by Crippen LogP contribution is -2.40. The molecule has 1 aromatic heterocycles. The highest BCUT2D eigenvalue weighted by Gasteiger charge is 2.48. The normalized spacial score (nSPS) is 18.8. The number of nitrogens with zero attached hydrogens (tertiary/aromatic N) is 2. The van der Waals surface area contributed by atoms with E-state index in [1.807, 2.05) is 84.9 Å². The molecule has 2 heterocycles. The monoisotopic (exact) mass is 677 g/mol. The molecule has 6 rings (SSSR count). The Balaban J connectivity index is 1.32. The van der Waals surface area contributed by atoms with Gasteiger partial charge in [-0.15, -0.1) is 0 Å². The first kappa shape index (κ1) is 34.5. The number of carbonyl (C=O) groups is 1. The number of nitrogens with one attached hydrogen (secondary N) is 1. The summed E-state index contributed by atoms with van der Waals surface area (Å²) in [6, 6.07) is 33.6. The van der Waals surface area contributed by atoms with Gasteiger partial charge in [0.15, 0.2) is 6.23 Å². The first-order valence-corrected chi connectivity index (χ1v) is 16.1. The summed E-state index contributed by atoms with van der Waals surface area (Å²) in [4.78, 5) is 30.3. The van der Waals surface area contributed by atoms with Crippen molar-refractivity contribution in [1.29, 1.82) is 0 Å². The van der Waals surface area contributed by atoms with Crippen LogP contribution >= 0.6 is 0 Å². The smallest absolute Gasteiger partial charge is 0.351 e. The zero-order valence-electron chi connectivity index (χ0n) is 28.2. The number of anilines is 1. The van der Waals surface area contributed by atoms with E-state index in [0.29, 0.717) is 22.6 Å². The number of benzene rings is 4. The van der Waals surface area contributed by atoms with E-state index in [-0.39, 0.29) is 12.4 Å². The Morgan fingerprint density at radius 3 is 1.92 bits per heavy atom. The molecule has 4 aromatic carbocycles.